The number of likely N-dealkylation sites (tertiary alicyclic amines) is 1. The summed E-state index contributed by atoms with van der Waals surface area (Å²) >= 11 is 0. The number of anilines is 1. The number of benzene rings is 1. The highest BCUT2D eigenvalue weighted by atomic mass is 32.2. The van der Waals surface area contributed by atoms with Gasteiger partial charge in [0.25, 0.3) is 0 Å². The molecule has 2 heterocycles. The predicted octanol–water partition coefficient (Wildman–Crippen LogP) is 0.974. The SMILES string of the molecule is O=C(C[C@@H](NS(=O)(=O)Cc1ccccc1)C(=O)N1CCC[C@H]1C(=O)O)Nc1ccncc1. The number of hydrogen-bond acceptors (Lipinski definition) is 6. The smallest absolute Gasteiger partial charge is 0.326 e. The number of nitrogens with zero attached hydrogens (tertiary/aromatic N) is 2. The fourth-order valence-corrected chi connectivity index (χ4v) is 4.88. The maximum atomic E-state index is 13.1. The van der Waals surface area contributed by atoms with Crippen LogP contribution in [0.25, 0.3) is 0 Å². The van der Waals surface area contributed by atoms with Crippen LogP contribution in [0, 0.1) is 0 Å². The van der Waals surface area contributed by atoms with Gasteiger partial charge in [-0.25, -0.2) is 17.9 Å². The Bertz CT molecular complexity index is 1060. The number of aliphatic carboxylic acids is 1. The van der Waals surface area contributed by atoms with Crippen molar-refractivity contribution in [3.8, 4) is 0 Å². The summed E-state index contributed by atoms with van der Waals surface area (Å²) in [4.78, 5) is 42.2. The highest BCUT2D eigenvalue weighted by molar-refractivity contribution is 7.88. The maximum Gasteiger partial charge on any atom is 0.326 e. The second kappa shape index (κ2) is 10.3. The van der Waals surface area contributed by atoms with Crippen molar-refractivity contribution in [1.82, 2.24) is 14.6 Å². The Balaban J connectivity index is 1.79. The van der Waals surface area contributed by atoms with Crippen LogP contribution in [0.5, 0.6) is 0 Å². The molecule has 1 fully saturated rings. The normalized spacial score (nSPS) is 17.0. The molecule has 0 bridgehead atoms. The molecule has 1 aromatic carbocycles. The molecule has 1 saturated heterocycles. The number of carbonyl (C=O) groups excluding carboxylic acids is 2. The summed E-state index contributed by atoms with van der Waals surface area (Å²) in [7, 11) is -4.00. The lowest BCUT2D eigenvalue weighted by molar-refractivity contribution is -0.149. The Morgan fingerprint density at radius 1 is 1.12 bits per heavy atom. The molecule has 2 aromatic rings. The van der Waals surface area contributed by atoms with Crippen molar-refractivity contribution in [2.24, 2.45) is 0 Å². The van der Waals surface area contributed by atoms with Crippen LogP contribution < -0.4 is 10.0 Å². The number of amides is 2. The summed E-state index contributed by atoms with van der Waals surface area (Å²) in [5.41, 5.74) is 0.949. The second-order valence-corrected chi connectivity index (χ2v) is 9.19. The van der Waals surface area contributed by atoms with Gasteiger partial charge in [0.15, 0.2) is 0 Å². The van der Waals surface area contributed by atoms with Gasteiger partial charge in [0.1, 0.15) is 12.1 Å². The van der Waals surface area contributed by atoms with Gasteiger partial charge in [-0.2, -0.15) is 0 Å². The van der Waals surface area contributed by atoms with Gasteiger partial charge in [0.2, 0.25) is 21.8 Å². The Kier molecular flexibility index (Phi) is 7.54. The van der Waals surface area contributed by atoms with E-state index in [1.54, 1.807) is 42.5 Å². The molecule has 3 rings (SSSR count). The maximum absolute atomic E-state index is 13.1. The molecule has 2 amide bonds. The molecule has 0 aliphatic carbocycles. The Morgan fingerprint density at radius 3 is 2.47 bits per heavy atom. The molecule has 3 N–H and O–H groups in total. The molecule has 0 saturated carbocycles. The van der Waals surface area contributed by atoms with Gasteiger partial charge in [0.05, 0.1) is 12.2 Å². The quantitative estimate of drug-likeness (QED) is 0.505. The fourth-order valence-electron chi connectivity index (χ4n) is 3.55. The predicted molar refractivity (Wildman–Crippen MR) is 116 cm³/mol. The van der Waals surface area contributed by atoms with Crippen LogP contribution in [0.2, 0.25) is 0 Å². The largest absolute Gasteiger partial charge is 0.480 e. The standard InChI is InChI=1S/C21H24N4O6S/c26-19(23-16-8-10-22-11-9-16)13-17(20(27)25-12-4-7-18(25)21(28)29)24-32(30,31)14-15-5-2-1-3-6-15/h1-3,5-6,8-11,17-18,24H,4,7,12-14H2,(H,28,29)(H,22,23,26)/t17-,18+/m1/s1. The van der Waals surface area contributed by atoms with Crippen LogP contribution in [0.1, 0.15) is 24.8 Å². The fraction of sp³-hybridized carbons (Fsp3) is 0.333. The van der Waals surface area contributed by atoms with Crippen LogP contribution >= 0.6 is 0 Å². The zero-order valence-corrected chi connectivity index (χ0v) is 18.0. The monoisotopic (exact) mass is 460 g/mol. The molecule has 11 heteroatoms. The first kappa shape index (κ1) is 23.4. The number of sulfonamides is 1. The molecule has 170 valence electrons. The van der Waals surface area contributed by atoms with Crippen molar-refractivity contribution in [1.29, 1.82) is 0 Å². The minimum absolute atomic E-state index is 0.179. The van der Waals surface area contributed by atoms with Gasteiger partial charge in [-0.3, -0.25) is 14.6 Å². The van der Waals surface area contributed by atoms with Crippen molar-refractivity contribution in [3.05, 3.63) is 60.4 Å². The van der Waals surface area contributed by atoms with Crippen LogP contribution in [0.4, 0.5) is 5.69 Å². The highest BCUT2D eigenvalue weighted by Gasteiger charge is 2.39. The third-order valence-corrected chi connectivity index (χ3v) is 6.35. The van der Waals surface area contributed by atoms with E-state index in [1.807, 2.05) is 0 Å². The summed E-state index contributed by atoms with van der Waals surface area (Å²) in [5.74, 6) is -2.88. The molecule has 0 radical (unpaired) electrons. The Hall–Kier alpha value is -3.31. The van der Waals surface area contributed by atoms with Crippen molar-refractivity contribution >= 4 is 33.5 Å². The highest BCUT2D eigenvalue weighted by Crippen LogP contribution is 2.20. The van der Waals surface area contributed by atoms with Gasteiger partial charge in [-0.05, 0) is 30.5 Å². The molecular weight excluding hydrogens is 436 g/mol. The number of nitrogens with one attached hydrogen (secondary N) is 2. The van der Waals surface area contributed by atoms with E-state index in [0.717, 1.165) is 4.90 Å². The average molecular weight is 461 g/mol. The summed E-state index contributed by atoms with van der Waals surface area (Å²) in [6.45, 7) is 0.179. The van der Waals surface area contributed by atoms with Crippen LogP contribution in [-0.2, 0) is 30.2 Å². The zero-order chi connectivity index (χ0) is 23.1. The van der Waals surface area contributed by atoms with Gasteiger partial charge in [-0.1, -0.05) is 30.3 Å². The first-order valence-electron chi connectivity index (χ1n) is 10.0. The molecule has 10 nitrogen and oxygen atoms in total. The first-order valence-corrected chi connectivity index (χ1v) is 11.7. The number of hydrogen-bond donors (Lipinski definition) is 3. The van der Waals surface area contributed by atoms with E-state index in [4.69, 9.17) is 0 Å². The minimum atomic E-state index is -4.00. The molecule has 0 spiro atoms. The molecular formula is C21H24N4O6S. The first-order chi connectivity index (χ1) is 15.2. The van der Waals surface area contributed by atoms with Gasteiger partial charge >= 0.3 is 5.97 Å². The lowest BCUT2D eigenvalue weighted by Crippen LogP contribution is -2.52. The van der Waals surface area contributed by atoms with E-state index in [1.165, 1.54) is 12.4 Å². The van der Waals surface area contributed by atoms with Crippen molar-refractivity contribution in [2.75, 3.05) is 11.9 Å². The van der Waals surface area contributed by atoms with Crippen molar-refractivity contribution in [2.45, 2.75) is 37.1 Å². The lowest BCUT2D eigenvalue weighted by atomic mass is 10.1. The number of aromatic nitrogens is 1. The third-order valence-electron chi connectivity index (χ3n) is 4.99. The zero-order valence-electron chi connectivity index (χ0n) is 17.2. The third kappa shape index (κ3) is 6.34. The molecule has 1 aliphatic heterocycles. The van der Waals surface area contributed by atoms with E-state index >= 15 is 0 Å². The van der Waals surface area contributed by atoms with E-state index in [-0.39, 0.29) is 18.7 Å². The van der Waals surface area contributed by atoms with Crippen LogP contribution in [-0.4, -0.2) is 59.8 Å². The average Bonchev–Trinajstić information content (AvgIpc) is 3.24. The topological polar surface area (TPSA) is 146 Å². The molecule has 1 aromatic heterocycles. The molecule has 0 unspecified atom stereocenters. The van der Waals surface area contributed by atoms with Crippen molar-refractivity contribution in [3.63, 3.8) is 0 Å². The number of carboxylic acid groups (broad SMARTS) is 1. The van der Waals surface area contributed by atoms with E-state index < -0.39 is 46.3 Å². The second-order valence-electron chi connectivity index (χ2n) is 7.43. The minimum Gasteiger partial charge on any atom is -0.480 e. The molecule has 32 heavy (non-hydrogen) atoms. The summed E-state index contributed by atoms with van der Waals surface area (Å²) in [6.07, 6.45) is 3.21. The van der Waals surface area contributed by atoms with E-state index in [0.29, 0.717) is 17.7 Å². The number of pyridine rings is 1. The van der Waals surface area contributed by atoms with Gasteiger partial charge in [-0.15, -0.1) is 0 Å². The lowest BCUT2D eigenvalue weighted by Gasteiger charge is -2.27. The van der Waals surface area contributed by atoms with Crippen LogP contribution in [0.15, 0.2) is 54.9 Å². The van der Waals surface area contributed by atoms with Gasteiger partial charge < -0.3 is 15.3 Å². The van der Waals surface area contributed by atoms with Crippen molar-refractivity contribution < 1.29 is 27.9 Å². The van der Waals surface area contributed by atoms with Crippen LogP contribution in [0.3, 0.4) is 0 Å². The van der Waals surface area contributed by atoms with E-state index in [2.05, 4.69) is 15.0 Å². The summed E-state index contributed by atoms with van der Waals surface area (Å²) in [6, 6.07) is 9.01. The Labute approximate surface area is 185 Å². The number of carboxylic acids is 1. The van der Waals surface area contributed by atoms with E-state index in [9.17, 15) is 27.9 Å². The summed E-state index contributed by atoms with van der Waals surface area (Å²) < 4.78 is 27.8. The summed E-state index contributed by atoms with van der Waals surface area (Å²) in [5, 5.41) is 12.0. The molecule has 1 aliphatic rings. The molecule has 2 atom stereocenters. The number of rotatable bonds is 9. The van der Waals surface area contributed by atoms with Gasteiger partial charge in [0, 0.05) is 24.6 Å². The Morgan fingerprint density at radius 2 is 1.81 bits per heavy atom. The number of carbonyl (C=O) groups is 3.